The fourth-order valence-corrected chi connectivity index (χ4v) is 2.77. The molecule has 0 radical (unpaired) electrons. The van der Waals surface area contributed by atoms with Gasteiger partial charge in [0.15, 0.2) is 0 Å². The number of likely N-dealkylation sites (tertiary alicyclic amines) is 1. The number of aliphatic imine (C=N–C) groups is 1. The summed E-state index contributed by atoms with van der Waals surface area (Å²) in [6, 6.07) is -0.720. The summed E-state index contributed by atoms with van der Waals surface area (Å²) < 4.78 is 10.5. The molecule has 22 heavy (non-hydrogen) atoms. The number of amides is 2. The number of nitrogens with one attached hydrogen (secondary N) is 1. The first kappa shape index (κ1) is 16.6. The minimum atomic E-state index is -0.470. The Bertz CT molecular complexity index is 450. The van der Waals surface area contributed by atoms with E-state index in [1.54, 1.807) is 6.92 Å². The maximum Gasteiger partial charge on any atom is 0.410 e. The van der Waals surface area contributed by atoms with Crippen LogP contribution in [0, 0.1) is 5.92 Å². The molecule has 0 aliphatic carbocycles. The normalized spacial score (nSPS) is 22.3. The Labute approximate surface area is 131 Å². The molecule has 2 atom stereocenters. The summed E-state index contributed by atoms with van der Waals surface area (Å²) >= 11 is 0. The first-order valence-electron chi connectivity index (χ1n) is 7.95. The van der Waals surface area contributed by atoms with E-state index in [1.165, 1.54) is 4.90 Å². The van der Waals surface area contributed by atoms with E-state index in [9.17, 15) is 9.59 Å². The maximum absolute atomic E-state index is 12.6. The topological polar surface area (TPSA) is 80.2 Å². The first-order chi connectivity index (χ1) is 10.5. The number of carbonyl (C=O) groups excluding carboxylic acids is 2. The highest BCUT2D eigenvalue weighted by Gasteiger charge is 2.37. The minimum absolute atomic E-state index is 0.164. The molecule has 0 aromatic carbocycles. The summed E-state index contributed by atoms with van der Waals surface area (Å²) in [5.41, 5.74) is 0. The second kappa shape index (κ2) is 7.47. The van der Waals surface area contributed by atoms with Gasteiger partial charge in [0.2, 0.25) is 11.8 Å². The van der Waals surface area contributed by atoms with Crippen molar-refractivity contribution in [2.75, 3.05) is 26.3 Å². The van der Waals surface area contributed by atoms with Gasteiger partial charge in [-0.2, -0.15) is 0 Å². The van der Waals surface area contributed by atoms with Crippen LogP contribution in [0.1, 0.15) is 33.6 Å². The first-order valence-corrected chi connectivity index (χ1v) is 7.95. The van der Waals surface area contributed by atoms with Crippen LogP contribution in [0.15, 0.2) is 4.99 Å². The van der Waals surface area contributed by atoms with Crippen molar-refractivity contribution in [1.29, 1.82) is 0 Å². The van der Waals surface area contributed by atoms with E-state index in [0.717, 1.165) is 6.42 Å². The lowest BCUT2D eigenvalue weighted by Crippen LogP contribution is -2.52. The molecule has 2 aliphatic rings. The molecular weight excluding hydrogens is 286 g/mol. The van der Waals surface area contributed by atoms with Crippen molar-refractivity contribution in [2.45, 2.75) is 45.7 Å². The fraction of sp³-hybridized carbons (Fsp3) is 0.800. The molecule has 2 amide bonds. The van der Waals surface area contributed by atoms with Crippen LogP contribution in [-0.4, -0.2) is 61.2 Å². The summed E-state index contributed by atoms with van der Waals surface area (Å²) in [4.78, 5) is 30.3. The highest BCUT2D eigenvalue weighted by molar-refractivity contribution is 5.92. The molecule has 2 heterocycles. The van der Waals surface area contributed by atoms with Crippen molar-refractivity contribution in [3.8, 4) is 0 Å². The predicted octanol–water partition coefficient (Wildman–Crippen LogP) is 1.18. The molecule has 2 aliphatic heterocycles. The van der Waals surface area contributed by atoms with Crippen molar-refractivity contribution in [3.63, 3.8) is 0 Å². The molecule has 1 fully saturated rings. The number of carbonyl (C=O) groups is 2. The zero-order chi connectivity index (χ0) is 16.1. The summed E-state index contributed by atoms with van der Waals surface area (Å²) in [7, 11) is 0. The third-order valence-corrected chi connectivity index (χ3v) is 3.90. The SMILES string of the molecule is CCOC(=O)N1CCC[C@H]1C(=O)N[C@@H](C1=NCCO1)C(C)C. The highest BCUT2D eigenvalue weighted by Crippen LogP contribution is 2.19. The summed E-state index contributed by atoms with van der Waals surface area (Å²) in [6.07, 6.45) is 1.04. The number of hydrogen-bond donors (Lipinski definition) is 1. The van der Waals surface area contributed by atoms with Gasteiger partial charge in [0.1, 0.15) is 18.7 Å². The third kappa shape index (κ3) is 3.69. The largest absolute Gasteiger partial charge is 0.478 e. The lowest BCUT2D eigenvalue weighted by molar-refractivity contribution is -0.125. The summed E-state index contributed by atoms with van der Waals surface area (Å²) in [5.74, 6) is 0.588. The number of rotatable bonds is 5. The Hall–Kier alpha value is -1.79. The predicted molar refractivity (Wildman–Crippen MR) is 81.8 cm³/mol. The molecule has 0 bridgehead atoms. The van der Waals surface area contributed by atoms with Gasteiger partial charge in [0.25, 0.3) is 0 Å². The van der Waals surface area contributed by atoms with Gasteiger partial charge in [-0.25, -0.2) is 4.79 Å². The van der Waals surface area contributed by atoms with Crippen LogP contribution in [0.5, 0.6) is 0 Å². The smallest absolute Gasteiger partial charge is 0.410 e. The average molecular weight is 311 g/mol. The van der Waals surface area contributed by atoms with Crippen LogP contribution >= 0.6 is 0 Å². The molecule has 0 saturated carbocycles. The zero-order valence-electron chi connectivity index (χ0n) is 13.5. The molecule has 1 N–H and O–H groups in total. The van der Waals surface area contributed by atoms with Crippen LogP contribution in [0.2, 0.25) is 0 Å². The van der Waals surface area contributed by atoms with Crippen LogP contribution in [0.4, 0.5) is 4.79 Å². The van der Waals surface area contributed by atoms with Gasteiger partial charge in [-0.1, -0.05) is 13.8 Å². The number of ether oxygens (including phenoxy) is 2. The third-order valence-electron chi connectivity index (χ3n) is 3.90. The second-order valence-corrected chi connectivity index (χ2v) is 5.85. The van der Waals surface area contributed by atoms with Crippen LogP contribution in [-0.2, 0) is 14.3 Å². The Morgan fingerprint density at radius 1 is 1.50 bits per heavy atom. The van der Waals surface area contributed by atoms with Crippen molar-refractivity contribution >= 4 is 17.9 Å². The molecule has 0 aromatic heterocycles. The van der Waals surface area contributed by atoms with Gasteiger partial charge < -0.3 is 14.8 Å². The lowest BCUT2D eigenvalue weighted by Gasteiger charge is -2.27. The average Bonchev–Trinajstić information content (AvgIpc) is 3.15. The summed E-state index contributed by atoms with van der Waals surface area (Å²) in [5, 5.41) is 2.98. The van der Waals surface area contributed by atoms with E-state index in [4.69, 9.17) is 9.47 Å². The van der Waals surface area contributed by atoms with E-state index in [0.29, 0.717) is 38.6 Å². The standard InChI is InChI=1S/C15H25N3O4/c1-4-21-15(20)18-8-5-6-11(18)13(19)17-12(10(2)3)14-16-7-9-22-14/h10-12H,4-9H2,1-3H3,(H,17,19)/t11-,12+/m0/s1. The minimum Gasteiger partial charge on any atom is -0.478 e. The van der Waals surface area contributed by atoms with Crippen molar-refractivity contribution < 1.29 is 19.1 Å². The van der Waals surface area contributed by atoms with Crippen LogP contribution in [0.25, 0.3) is 0 Å². The molecule has 0 spiro atoms. The molecule has 7 nitrogen and oxygen atoms in total. The Morgan fingerprint density at radius 2 is 2.27 bits per heavy atom. The second-order valence-electron chi connectivity index (χ2n) is 5.85. The van der Waals surface area contributed by atoms with Gasteiger partial charge in [0, 0.05) is 6.54 Å². The molecule has 0 aromatic rings. The number of hydrogen-bond acceptors (Lipinski definition) is 5. The van der Waals surface area contributed by atoms with Crippen molar-refractivity contribution in [2.24, 2.45) is 10.9 Å². The maximum atomic E-state index is 12.6. The molecular formula is C15H25N3O4. The molecule has 0 unspecified atom stereocenters. The van der Waals surface area contributed by atoms with E-state index >= 15 is 0 Å². The van der Waals surface area contributed by atoms with E-state index < -0.39 is 12.1 Å². The van der Waals surface area contributed by atoms with Gasteiger partial charge in [-0.15, -0.1) is 0 Å². The monoisotopic (exact) mass is 311 g/mol. The molecule has 124 valence electrons. The van der Waals surface area contributed by atoms with Gasteiger partial charge in [-0.05, 0) is 25.7 Å². The van der Waals surface area contributed by atoms with Crippen LogP contribution in [0.3, 0.4) is 0 Å². The van der Waals surface area contributed by atoms with Gasteiger partial charge in [-0.3, -0.25) is 14.7 Å². The lowest BCUT2D eigenvalue weighted by atomic mass is 10.0. The molecule has 7 heteroatoms. The number of nitrogens with zero attached hydrogens (tertiary/aromatic N) is 2. The van der Waals surface area contributed by atoms with E-state index in [1.807, 2.05) is 13.8 Å². The highest BCUT2D eigenvalue weighted by atomic mass is 16.6. The summed E-state index contributed by atoms with van der Waals surface area (Å²) in [6.45, 7) is 7.83. The zero-order valence-corrected chi connectivity index (χ0v) is 13.5. The van der Waals surface area contributed by atoms with Gasteiger partial charge in [0.05, 0.1) is 13.2 Å². The Balaban J connectivity index is 2.01. The molecule has 2 rings (SSSR count). The van der Waals surface area contributed by atoms with Crippen LogP contribution < -0.4 is 5.32 Å². The van der Waals surface area contributed by atoms with E-state index in [2.05, 4.69) is 10.3 Å². The molecule has 1 saturated heterocycles. The van der Waals surface area contributed by atoms with E-state index in [-0.39, 0.29) is 17.9 Å². The van der Waals surface area contributed by atoms with Crippen molar-refractivity contribution in [1.82, 2.24) is 10.2 Å². The van der Waals surface area contributed by atoms with Gasteiger partial charge >= 0.3 is 6.09 Å². The Morgan fingerprint density at radius 3 is 2.86 bits per heavy atom. The fourth-order valence-electron chi connectivity index (χ4n) is 2.77. The van der Waals surface area contributed by atoms with Crippen molar-refractivity contribution in [3.05, 3.63) is 0 Å². The quantitative estimate of drug-likeness (QED) is 0.826. The Kier molecular flexibility index (Phi) is 5.63.